The fourth-order valence-corrected chi connectivity index (χ4v) is 6.20. The van der Waals surface area contributed by atoms with Crippen LogP contribution < -0.4 is 5.73 Å². The zero-order valence-corrected chi connectivity index (χ0v) is 22.3. The van der Waals surface area contributed by atoms with Gasteiger partial charge in [0.05, 0.1) is 36.0 Å². The first kappa shape index (κ1) is 25.1. The van der Waals surface area contributed by atoms with Crippen LogP contribution in [-0.2, 0) is 11.8 Å². The van der Waals surface area contributed by atoms with Gasteiger partial charge in [0.1, 0.15) is 6.10 Å². The number of nitrogens with two attached hydrogens (primary N) is 1. The molecule has 198 valence electrons. The lowest BCUT2D eigenvalue weighted by atomic mass is 9.90. The van der Waals surface area contributed by atoms with E-state index in [1.165, 1.54) is 0 Å². The molecule has 1 saturated carbocycles. The summed E-state index contributed by atoms with van der Waals surface area (Å²) in [6.07, 6.45) is 11.7. The van der Waals surface area contributed by atoms with Crippen LogP contribution in [0.2, 0.25) is 5.02 Å². The highest BCUT2D eigenvalue weighted by Gasteiger charge is 2.35. The third-order valence-corrected chi connectivity index (χ3v) is 8.31. The van der Waals surface area contributed by atoms with Crippen molar-refractivity contribution in [1.82, 2.24) is 24.3 Å². The molecule has 38 heavy (non-hydrogen) atoms. The van der Waals surface area contributed by atoms with Gasteiger partial charge in [0.15, 0.2) is 0 Å². The summed E-state index contributed by atoms with van der Waals surface area (Å²) in [5.41, 5.74) is 12.9. The molecule has 9 heteroatoms. The standard InChI is InChI=1S/C29H33ClN6O2/c1-34-18-32-17-25(34)26(31)24-15-19-5-4-10-33-27(19)28(22-9-8-20(30)16-23(22)24)35-11-13-36(14-12-35)29(37)38-21-6-2-3-7-21/h4-5,8-10,15-18,21,26,28H,2-3,6-7,11-14,31H2,1H3/t26-,28+/m1/s1. The van der Waals surface area contributed by atoms with Gasteiger partial charge in [-0.2, -0.15) is 0 Å². The second kappa shape index (κ2) is 10.5. The number of aromatic nitrogens is 3. The largest absolute Gasteiger partial charge is 0.446 e. The van der Waals surface area contributed by atoms with Crippen LogP contribution in [0.3, 0.4) is 0 Å². The number of aryl methyl sites for hydroxylation is 1. The minimum atomic E-state index is -0.395. The summed E-state index contributed by atoms with van der Waals surface area (Å²) in [5.74, 6) is 0. The van der Waals surface area contributed by atoms with Crippen LogP contribution in [0.5, 0.6) is 0 Å². The summed E-state index contributed by atoms with van der Waals surface area (Å²) in [5, 5.41) is 0.656. The topological polar surface area (TPSA) is 89.5 Å². The smallest absolute Gasteiger partial charge is 0.410 e. The number of ether oxygens (including phenoxy) is 1. The van der Waals surface area contributed by atoms with Crippen molar-refractivity contribution in [2.24, 2.45) is 12.8 Å². The Bertz CT molecular complexity index is 1360. The molecule has 3 aromatic rings. The van der Waals surface area contributed by atoms with Crippen molar-refractivity contribution >= 4 is 29.3 Å². The van der Waals surface area contributed by atoms with Crippen molar-refractivity contribution in [3.8, 4) is 0 Å². The minimum absolute atomic E-state index is 0.0724. The predicted octanol–water partition coefficient (Wildman–Crippen LogP) is 4.81. The Balaban J connectivity index is 1.33. The Morgan fingerprint density at radius 3 is 2.68 bits per heavy atom. The van der Waals surface area contributed by atoms with E-state index in [9.17, 15) is 4.79 Å². The van der Waals surface area contributed by atoms with E-state index in [2.05, 4.69) is 28.1 Å². The first-order valence-electron chi connectivity index (χ1n) is 13.4. The van der Waals surface area contributed by atoms with Gasteiger partial charge in [0, 0.05) is 44.4 Å². The van der Waals surface area contributed by atoms with Gasteiger partial charge in [-0.3, -0.25) is 9.88 Å². The third-order valence-electron chi connectivity index (χ3n) is 8.08. The average Bonchev–Trinajstić information content (AvgIpc) is 3.57. The van der Waals surface area contributed by atoms with Crippen LogP contribution in [0.15, 0.2) is 49.1 Å². The Morgan fingerprint density at radius 2 is 1.95 bits per heavy atom. The van der Waals surface area contributed by atoms with Gasteiger partial charge < -0.3 is 19.9 Å². The van der Waals surface area contributed by atoms with Gasteiger partial charge in [0.25, 0.3) is 0 Å². The van der Waals surface area contributed by atoms with Crippen LogP contribution in [0, 0.1) is 0 Å². The van der Waals surface area contributed by atoms with Crippen molar-refractivity contribution in [1.29, 1.82) is 0 Å². The predicted molar refractivity (Wildman–Crippen MR) is 147 cm³/mol. The van der Waals surface area contributed by atoms with Crippen LogP contribution in [0.25, 0.3) is 11.6 Å². The molecule has 3 heterocycles. The summed E-state index contributed by atoms with van der Waals surface area (Å²) in [6.45, 7) is 2.65. The monoisotopic (exact) mass is 532 g/mol. The number of nitrogens with zero attached hydrogens (tertiary/aromatic N) is 5. The molecule has 1 aromatic carbocycles. The number of amides is 1. The van der Waals surface area contributed by atoms with Gasteiger partial charge in [-0.05, 0) is 72.2 Å². The van der Waals surface area contributed by atoms with Crippen LogP contribution in [0.4, 0.5) is 4.79 Å². The van der Waals surface area contributed by atoms with Crippen molar-refractivity contribution in [2.75, 3.05) is 26.2 Å². The molecule has 2 N–H and O–H groups in total. The number of imidazole rings is 1. The summed E-state index contributed by atoms with van der Waals surface area (Å²) in [7, 11) is 1.95. The maximum atomic E-state index is 12.8. The number of halogens is 1. The number of carbonyl (C=O) groups is 1. The maximum absolute atomic E-state index is 12.8. The molecule has 0 unspecified atom stereocenters. The Hall–Kier alpha value is -3.20. The van der Waals surface area contributed by atoms with Gasteiger partial charge in [-0.15, -0.1) is 0 Å². The van der Waals surface area contributed by atoms with Gasteiger partial charge in [-0.1, -0.05) is 23.7 Å². The lowest BCUT2D eigenvalue weighted by molar-refractivity contribution is 0.0433. The molecule has 0 radical (unpaired) electrons. The number of hydrogen-bond acceptors (Lipinski definition) is 6. The van der Waals surface area contributed by atoms with Gasteiger partial charge in [-0.25, -0.2) is 9.78 Å². The zero-order valence-electron chi connectivity index (χ0n) is 21.6. The van der Waals surface area contributed by atoms with Crippen LogP contribution >= 0.6 is 11.6 Å². The number of hydrogen-bond donors (Lipinski definition) is 1. The van der Waals surface area contributed by atoms with E-state index in [-0.39, 0.29) is 18.2 Å². The van der Waals surface area contributed by atoms with Crippen molar-refractivity contribution in [3.05, 3.63) is 82.2 Å². The van der Waals surface area contributed by atoms with E-state index < -0.39 is 6.04 Å². The number of carbonyl (C=O) groups excluding carboxylic acids is 1. The zero-order chi connectivity index (χ0) is 26.2. The molecule has 0 spiro atoms. The van der Waals surface area contributed by atoms with E-state index in [0.29, 0.717) is 31.2 Å². The van der Waals surface area contributed by atoms with E-state index >= 15 is 0 Å². The molecule has 2 aliphatic carbocycles. The van der Waals surface area contributed by atoms with E-state index in [1.54, 1.807) is 6.33 Å². The lowest BCUT2D eigenvalue weighted by Gasteiger charge is -2.39. The highest BCUT2D eigenvalue weighted by Crippen LogP contribution is 2.43. The molecular weight excluding hydrogens is 500 g/mol. The number of piperazine rings is 1. The van der Waals surface area contributed by atoms with Crippen molar-refractivity contribution in [3.63, 3.8) is 0 Å². The van der Waals surface area contributed by atoms with E-state index in [4.69, 9.17) is 27.1 Å². The SMILES string of the molecule is Cn1cncc1[C@H](N)C1=Cc2cccnc2[C@@H](N2CCN(C(=O)OC3CCCC3)CC2)c2ccc(Cl)cc21. The van der Waals surface area contributed by atoms with Crippen LogP contribution in [-0.4, -0.2) is 62.7 Å². The first-order valence-corrected chi connectivity index (χ1v) is 13.7. The molecule has 0 bridgehead atoms. The Labute approximate surface area is 228 Å². The highest BCUT2D eigenvalue weighted by molar-refractivity contribution is 6.30. The number of benzene rings is 1. The normalized spacial score (nSPS) is 20.9. The van der Waals surface area contributed by atoms with Crippen molar-refractivity contribution in [2.45, 2.75) is 43.9 Å². The number of pyridine rings is 1. The van der Waals surface area contributed by atoms with Crippen LogP contribution in [0.1, 0.15) is 65.8 Å². The highest BCUT2D eigenvalue weighted by atomic mass is 35.5. The Morgan fingerprint density at radius 1 is 1.16 bits per heavy atom. The van der Waals surface area contributed by atoms with Gasteiger partial charge in [0.2, 0.25) is 0 Å². The molecule has 2 aromatic heterocycles. The fraction of sp³-hybridized carbons (Fsp3) is 0.414. The number of rotatable bonds is 4. The molecular formula is C29H33ClN6O2. The number of fused-ring (bicyclic) bond motifs is 2. The minimum Gasteiger partial charge on any atom is -0.446 e. The molecule has 3 aliphatic rings. The molecule has 2 atom stereocenters. The summed E-state index contributed by atoms with van der Waals surface area (Å²) < 4.78 is 7.73. The second-order valence-corrected chi connectivity index (χ2v) is 10.9. The lowest BCUT2D eigenvalue weighted by Crippen LogP contribution is -2.50. The third kappa shape index (κ3) is 4.72. The molecule has 2 fully saturated rings. The fourth-order valence-electron chi connectivity index (χ4n) is 6.03. The van der Waals surface area contributed by atoms with E-state index in [1.807, 2.05) is 47.1 Å². The summed E-state index contributed by atoms with van der Waals surface area (Å²) >= 11 is 6.55. The second-order valence-electron chi connectivity index (χ2n) is 10.4. The maximum Gasteiger partial charge on any atom is 0.410 e. The summed E-state index contributed by atoms with van der Waals surface area (Å²) in [6, 6.07) is 9.59. The van der Waals surface area contributed by atoms with Gasteiger partial charge >= 0.3 is 6.09 Å². The summed E-state index contributed by atoms with van der Waals surface area (Å²) in [4.78, 5) is 26.2. The Kier molecular flexibility index (Phi) is 6.95. The molecule has 8 nitrogen and oxygen atoms in total. The molecule has 1 saturated heterocycles. The quantitative estimate of drug-likeness (QED) is 0.518. The average molecular weight is 533 g/mol. The molecule has 6 rings (SSSR count). The van der Waals surface area contributed by atoms with Crippen molar-refractivity contribution < 1.29 is 9.53 Å². The molecule has 1 aliphatic heterocycles. The molecule has 1 amide bonds. The first-order chi connectivity index (χ1) is 18.5. The van der Waals surface area contributed by atoms with E-state index in [0.717, 1.165) is 59.3 Å².